The Balaban J connectivity index is 2.09. The lowest BCUT2D eigenvalue weighted by atomic mass is 9.83. The number of carbonyl (C=O) groups is 1. The molecule has 7 heteroatoms. The van der Waals surface area contributed by atoms with Crippen molar-refractivity contribution < 1.29 is 13.6 Å². The lowest BCUT2D eigenvalue weighted by molar-refractivity contribution is -0.0686. The summed E-state index contributed by atoms with van der Waals surface area (Å²) in [5.74, 6) is 0. The van der Waals surface area contributed by atoms with E-state index < -0.39 is 6.43 Å². The van der Waals surface area contributed by atoms with E-state index in [2.05, 4.69) is 18.7 Å². The normalized spacial score (nSPS) is 23.0. The molecule has 134 valence electrons. The monoisotopic (exact) mass is 332 g/mol. The zero-order valence-electron chi connectivity index (χ0n) is 14.8. The maximum Gasteiger partial charge on any atom is 0.319 e. The molecule has 0 aromatic rings. The van der Waals surface area contributed by atoms with Crippen LogP contribution in [0.3, 0.4) is 0 Å². The predicted molar refractivity (Wildman–Crippen MR) is 86.9 cm³/mol. The third kappa shape index (κ3) is 4.12. The molecule has 0 aromatic carbocycles. The highest BCUT2D eigenvalue weighted by atomic mass is 19.3. The van der Waals surface area contributed by atoms with Crippen LogP contribution in [0.2, 0.25) is 0 Å². The molecule has 0 atom stereocenters. The number of piperazine rings is 1. The van der Waals surface area contributed by atoms with Crippen molar-refractivity contribution in [1.29, 1.82) is 0 Å². The van der Waals surface area contributed by atoms with Crippen LogP contribution in [0.5, 0.6) is 0 Å². The quantitative estimate of drug-likeness (QED) is 0.789. The van der Waals surface area contributed by atoms with Gasteiger partial charge in [0.2, 0.25) is 0 Å². The van der Waals surface area contributed by atoms with Gasteiger partial charge < -0.3 is 9.80 Å². The molecule has 0 bridgehead atoms. The summed E-state index contributed by atoms with van der Waals surface area (Å²) in [4.78, 5) is 19.9. The van der Waals surface area contributed by atoms with Crippen LogP contribution in [0.1, 0.15) is 26.7 Å². The number of urea groups is 1. The molecule has 2 aliphatic rings. The second-order valence-corrected chi connectivity index (χ2v) is 7.29. The number of carbonyl (C=O) groups excluding carboxylic acids is 1. The Morgan fingerprint density at radius 3 is 2.22 bits per heavy atom. The van der Waals surface area contributed by atoms with Gasteiger partial charge in [-0.25, -0.2) is 13.6 Å². The van der Waals surface area contributed by atoms with E-state index in [0.717, 1.165) is 25.9 Å². The van der Waals surface area contributed by atoms with Gasteiger partial charge in [-0.2, -0.15) is 0 Å². The maximum atomic E-state index is 13.0. The maximum absolute atomic E-state index is 13.0. The van der Waals surface area contributed by atoms with Crippen molar-refractivity contribution in [1.82, 2.24) is 19.6 Å². The molecule has 5 nitrogen and oxygen atoms in total. The first kappa shape index (κ1) is 18.4. The van der Waals surface area contributed by atoms with Crippen LogP contribution in [0.25, 0.3) is 0 Å². The minimum Gasteiger partial charge on any atom is -0.331 e. The largest absolute Gasteiger partial charge is 0.331 e. The summed E-state index contributed by atoms with van der Waals surface area (Å²) in [5, 5.41) is 0. The van der Waals surface area contributed by atoms with Crippen LogP contribution >= 0.6 is 0 Å². The summed E-state index contributed by atoms with van der Waals surface area (Å²) in [5.41, 5.74) is -0.220. The van der Waals surface area contributed by atoms with Crippen LogP contribution in [0, 0.1) is 0 Å². The first-order chi connectivity index (χ1) is 10.7. The summed E-state index contributed by atoms with van der Waals surface area (Å²) in [7, 11) is 3.49. The van der Waals surface area contributed by atoms with Gasteiger partial charge in [-0.15, -0.1) is 0 Å². The molecule has 0 saturated carbocycles. The molecule has 2 saturated heterocycles. The number of hydrogen-bond acceptors (Lipinski definition) is 3. The highest BCUT2D eigenvalue weighted by Crippen LogP contribution is 2.34. The number of rotatable bonds is 3. The Morgan fingerprint density at radius 1 is 1.13 bits per heavy atom. The average Bonchev–Trinajstić information content (AvgIpc) is 2.49. The first-order valence-electron chi connectivity index (χ1n) is 8.48. The van der Waals surface area contributed by atoms with Gasteiger partial charge in [0.05, 0.1) is 6.54 Å². The molecular formula is C16H30F2N4O. The van der Waals surface area contributed by atoms with Crippen molar-refractivity contribution in [3.63, 3.8) is 0 Å². The Hall–Kier alpha value is -0.950. The molecule has 2 rings (SSSR count). The first-order valence-corrected chi connectivity index (χ1v) is 8.48. The van der Waals surface area contributed by atoms with E-state index in [0.29, 0.717) is 25.7 Å². The molecule has 1 spiro atoms. The number of alkyl halides is 2. The van der Waals surface area contributed by atoms with Gasteiger partial charge >= 0.3 is 6.03 Å². The van der Waals surface area contributed by atoms with Crippen molar-refractivity contribution in [3.8, 4) is 0 Å². The highest BCUT2D eigenvalue weighted by molar-refractivity contribution is 5.73. The van der Waals surface area contributed by atoms with Crippen molar-refractivity contribution in [2.75, 3.05) is 53.4 Å². The van der Waals surface area contributed by atoms with Crippen LogP contribution in [-0.4, -0.2) is 97.0 Å². The van der Waals surface area contributed by atoms with E-state index in [4.69, 9.17) is 0 Å². The Labute approximate surface area is 138 Å². The van der Waals surface area contributed by atoms with Gasteiger partial charge in [0.15, 0.2) is 0 Å². The second kappa shape index (κ2) is 7.30. The minimum atomic E-state index is -2.31. The molecule has 0 N–H and O–H groups in total. The zero-order chi connectivity index (χ0) is 17.2. The summed E-state index contributed by atoms with van der Waals surface area (Å²) >= 11 is 0. The SMILES string of the molecule is CC(C)N1CCN(CC(F)F)C2(CCN(C(=O)N(C)C)CC2)C1. The minimum absolute atomic E-state index is 0.0109. The van der Waals surface area contributed by atoms with Gasteiger partial charge in [-0.05, 0) is 26.7 Å². The van der Waals surface area contributed by atoms with E-state index in [1.807, 2.05) is 9.80 Å². The Bertz CT molecular complexity index is 409. The van der Waals surface area contributed by atoms with E-state index in [-0.39, 0.29) is 18.1 Å². The van der Waals surface area contributed by atoms with Crippen molar-refractivity contribution in [3.05, 3.63) is 0 Å². The third-order valence-corrected chi connectivity index (χ3v) is 5.26. The molecule has 2 aliphatic heterocycles. The fraction of sp³-hybridized carbons (Fsp3) is 0.938. The molecule has 0 aliphatic carbocycles. The molecular weight excluding hydrogens is 302 g/mol. The molecule has 23 heavy (non-hydrogen) atoms. The van der Waals surface area contributed by atoms with E-state index >= 15 is 0 Å². The predicted octanol–water partition coefficient (Wildman–Crippen LogP) is 1.79. The lowest BCUT2D eigenvalue weighted by Crippen LogP contribution is -2.67. The Kier molecular flexibility index (Phi) is 5.84. The topological polar surface area (TPSA) is 30.0 Å². The Morgan fingerprint density at radius 2 is 1.74 bits per heavy atom. The standard InChI is InChI=1S/C16H30F2N4O/c1-13(2)21-9-10-22(11-14(17)18)16(12-21)5-7-20(8-6-16)15(23)19(3)4/h13-14H,5-12H2,1-4H3. The molecule has 0 aromatic heterocycles. The van der Waals surface area contributed by atoms with E-state index in [9.17, 15) is 13.6 Å². The highest BCUT2D eigenvalue weighted by Gasteiger charge is 2.45. The number of amides is 2. The van der Waals surface area contributed by atoms with Crippen LogP contribution < -0.4 is 0 Å². The van der Waals surface area contributed by atoms with Gasteiger partial charge in [-0.1, -0.05) is 0 Å². The van der Waals surface area contributed by atoms with Gasteiger partial charge in [0.1, 0.15) is 0 Å². The third-order valence-electron chi connectivity index (χ3n) is 5.26. The molecule has 2 amide bonds. The van der Waals surface area contributed by atoms with E-state index in [1.165, 1.54) is 0 Å². The molecule has 0 unspecified atom stereocenters. The van der Waals surface area contributed by atoms with Crippen LogP contribution in [0.15, 0.2) is 0 Å². The number of hydrogen-bond donors (Lipinski definition) is 0. The fourth-order valence-electron chi connectivity index (χ4n) is 3.81. The van der Waals surface area contributed by atoms with Crippen LogP contribution in [0.4, 0.5) is 13.6 Å². The zero-order valence-corrected chi connectivity index (χ0v) is 14.8. The van der Waals surface area contributed by atoms with Gasteiger partial charge in [0, 0.05) is 58.4 Å². The van der Waals surface area contributed by atoms with Crippen molar-refractivity contribution in [2.45, 2.75) is 44.7 Å². The smallest absolute Gasteiger partial charge is 0.319 e. The van der Waals surface area contributed by atoms with Crippen molar-refractivity contribution >= 4 is 6.03 Å². The second-order valence-electron chi connectivity index (χ2n) is 7.29. The summed E-state index contributed by atoms with van der Waals surface area (Å²) in [6.07, 6.45) is -0.774. The molecule has 0 radical (unpaired) electrons. The molecule has 2 fully saturated rings. The summed E-state index contributed by atoms with van der Waals surface area (Å²) in [6.45, 7) is 7.78. The van der Waals surface area contributed by atoms with Crippen LogP contribution in [-0.2, 0) is 0 Å². The number of piperidine rings is 1. The molecule has 2 heterocycles. The number of halogens is 2. The fourth-order valence-corrected chi connectivity index (χ4v) is 3.81. The van der Waals surface area contributed by atoms with Gasteiger partial charge in [-0.3, -0.25) is 9.80 Å². The summed E-state index contributed by atoms with van der Waals surface area (Å²) < 4.78 is 26.0. The van der Waals surface area contributed by atoms with E-state index in [1.54, 1.807) is 19.0 Å². The summed E-state index contributed by atoms with van der Waals surface area (Å²) in [6, 6.07) is 0.429. The van der Waals surface area contributed by atoms with Crippen molar-refractivity contribution in [2.24, 2.45) is 0 Å². The number of nitrogens with zero attached hydrogens (tertiary/aromatic N) is 4. The van der Waals surface area contributed by atoms with Gasteiger partial charge in [0.25, 0.3) is 6.43 Å². The average molecular weight is 332 g/mol. The number of likely N-dealkylation sites (tertiary alicyclic amines) is 1. The lowest BCUT2D eigenvalue weighted by Gasteiger charge is -2.55.